The maximum Gasteiger partial charge on any atom is 0.261 e. The van der Waals surface area contributed by atoms with Gasteiger partial charge in [0.15, 0.2) is 6.10 Å². The van der Waals surface area contributed by atoms with Gasteiger partial charge >= 0.3 is 0 Å². The lowest BCUT2D eigenvalue weighted by Crippen LogP contribution is -2.38. The minimum Gasteiger partial charge on any atom is -0.480 e. The highest BCUT2D eigenvalue weighted by Crippen LogP contribution is 2.21. The van der Waals surface area contributed by atoms with Crippen LogP contribution in [0.25, 0.3) is 0 Å². The molecule has 1 heterocycles. The van der Waals surface area contributed by atoms with E-state index in [4.69, 9.17) is 4.74 Å². The van der Waals surface area contributed by atoms with Crippen molar-refractivity contribution < 1.29 is 9.53 Å². The topological polar surface area (TPSA) is 41.6 Å². The highest BCUT2D eigenvalue weighted by Gasteiger charge is 2.20. The summed E-state index contributed by atoms with van der Waals surface area (Å²) in [5.74, 6) is 0.725. The molecule has 1 saturated heterocycles. The predicted molar refractivity (Wildman–Crippen MR) is 118 cm³/mol. The van der Waals surface area contributed by atoms with E-state index in [1.807, 2.05) is 32.0 Å². The molecule has 2 aromatic rings. The summed E-state index contributed by atoms with van der Waals surface area (Å²) in [7, 11) is 0. The molecule has 0 bridgehead atoms. The first kappa shape index (κ1) is 21.4. The summed E-state index contributed by atoms with van der Waals surface area (Å²) in [5.41, 5.74) is 4.74. The van der Waals surface area contributed by atoms with Gasteiger partial charge in [-0.3, -0.25) is 9.69 Å². The summed E-state index contributed by atoms with van der Waals surface area (Å²) in [6.45, 7) is 9.90. The standard InChI is InChI=1S/C25H34N2O2/c1-4-23(29-24-13-12-19(2)16-20(24)3)25(28)26-17-21-10-6-7-11-22(21)18-27-14-8-5-9-15-27/h6-7,10-13,16,23H,4-5,8-9,14-15,17-18H2,1-3H3,(H,26,28)/t23-/m0/s1. The molecule has 4 nitrogen and oxygen atoms in total. The summed E-state index contributed by atoms with van der Waals surface area (Å²) in [4.78, 5) is 15.3. The Kier molecular flexibility index (Phi) is 7.70. The number of carbonyl (C=O) groups excluding carboxylic acids is 1. The lowest BCUT2D eigenvalue weighted by atomic mass is 10.0. The van der Waals surface area contributed by atoms with E-state index in [0.29, 0.717) is 13.0 Å². The Labute approximate surface area is 175 Å². The van der Waals surface area contributed by atoms with Crippen LogP contribution in [-0.2, 0) is 17.9 Å². The van der Waals surface area contributed by atoms with Crippen LogP contribution in [-0.4, -0.2) is 30.0 Å². The quantitative estimate of drug-likeness (QED) is 0.702. The van der Waals surface area contributed by atoms with E-state index in [1.165, 1.54) is 49.0 Å². The molecule has 0 radical (unpaired) electrons. The molecule has 0 aromatic heterocycles. The van der Waals surface area contributed by atoms with E-state index in [2.05, 4.69) is 41.4 Å². The molecule has 1 amide bonds. The molecule has 1 aliphatic rings. The van der Waals surface area contributed by atoms with E-state index in [0.717, 1.165) is 17.9 Å². The number of hydrogen-bond acceptors (Lipinski definition) is 3. The summed E-state index contributed by atoms with van der Waals surface area (Å²) >= 11 is 0. The number of ether oxygens (including phenoxy) is 1. The van der Waals surface area contributed by atoms with Crippen LogP contribution >= 0.6 is 0 Å². The van der Waals surface area contributed by atoms with Gasteiger partial charge in [-0.05, 0) is 69.0 Å². The van der Waals surface area contributed by atoms with Crippen molar-refractivity contribution in [2.24, 2.45) is 0 Å². The van der Waals surface area contributed by atoms with Crippen LogP contribution in [0.4, 0.5) is 0 Å². The smallest absolute Gasteiger partial charge is 0.261 e. The van der Waals surface area contributed by atoms with Crippen LogP contribution in [0.3, 0.4) is 0 Å². The maximum absolute atomic E-state index is 12.8. The van der Waals surface area contributed by atoms with Gasteiger partial charge in [0.1, 0.15) is 5.75 Å². The van der Waals surface area contributed by atoms with Crippen LogP contribution in [0.1, 0.15) is 54.9 Å². The van der Waals surface area contributed by atoms with E-state index in [-0.39, 0.29) is 5.91 Å². The Morgan fingerprint density at radius 2 is 1.79 bits per heavy atom. The minimum absolute atomic E-state index is 0.0553. The largest absolute Gasteiger partial charge is 0.480 e. The average molecular weight is 395 g/mol. The molecule has 0 unspecified atom stereocenters. The van der Waals surface area contributed by atoms with Crippen molar-refractivity contribution in [2.45, 2.75) is 65.6 Å². The molecule has 156 valence electrons. The summed E-state index contributed by atoms with van der Waals surface area (Å²) in [6.07, 6.45) is 4.06. The van der Waals surface area contributed by atoms with Gasteiger partial charge in [-0.2, -0.15) is 0 Å². The Hall–Kier alpha value is -2.33. The van der Waals surface area contributed by atoms with E-state index < -0.39 is 6.10 Å². The third kappa shape index (κ3) is 6.07. The van der Waals surface area contributed by atoms with Crippen molar-refractivity contribution in [3.63, 3.8) is 0 Å². The second kappa shape index (κ2) is 10.4. The van der Waals surface area contributed by atoms with Gasteiger partial charge in [-0.1, -0.05) is 55.3 Å². The number of nitrogens with zero attached hydrogens (tertiary/aromatic N) is 1. The molecule has 1 N–H and O–H groups in total. The van der Waals surface area contributed by atoms with Crippen molar-refractivity contribution in [3.8, 4) is 5.75 Å². The van der Waals surface area contributed by atoms with Crippen molar-refractivity contribution >= 4 is 5.91 Å². The number of rotatable bonds is 8. The van der Waals surface area contributed by atoms with Gasteiger partial charge in [0, 0.05) is 13.1 Å². The third-order valence-corrected chi connectivity index (χ3v) is 5.68. The molecule has 29 heavy (non-hydrogen) atoms. The molecule has 1 aliphatic heterocycles. The van der Waals surface area contributed by atoms with Gasteiger partial charge in [0.05, 0.1) is 0 Å². The third-order valence-electron chi connectivity index (χ3n) is 5.68. The summed E-state index contributed by atoms with van der Waals surface area (Å²) in [6, 6.07) is 14.5. The molecule has 2 aromatic carbocycles. The molecular formula is C25H34N2O2. The Bertz CT molecular complexity index is 812. The van der Waals surface area contributed by atoms with Gasteiger partial charge in [-0.25, -0.2) is 0 Å². The number of amides is 1. The van der Waals surface area contributed by atoms with Crippen molar-refractivity contribution in [1.29, 1.82) is 0 Å². The van der Waals surface area contributed by atoms with Crippen molar-refractivity contribution in [3.05, 3.63) is 64.7 Å². The molecule has 0 aliphatic carbocycles. The number of nitrogens with one attached hydrogen (secondary N) is 1. The molecule has 0 saturated carbocycles. The first-order chi connectivity index (χ1) is 14.1. The lowest BCUT2D eigenvalue weighted by molar-refractivity contribution is -0.128. The van der Waals surface area contributed by atoms with E-state index in [9.17, 15) is 4.79 Å². The maximum atomic E-state index is 12.8. The van der Waals surface area contributed by atoms with Gasteiger partial charge < -0.3 is 10.1 Å². The molecule has 1 atom stereocenters. The van der Waals surface area contributed by atoms with E-state index in [1.54, 1.807) is 0 Å². The molecule has 4 heteroatoms. The minimum atomic E-state index is -0.481. The van der Waals surface area contributed by atoms with Crippen LogP contribution in [0.15, 0.2) is 42.5 Å². The second-order valence-corrected chi connectivity index (χ2v) is 8.11. The highest BCUT2D eigenvalue weighted by molar-refractivity contribution is 5.81. The first-order valence-electron chi connectivity index (χ1n) is 10.9. The molecule has 1 fully saturated rings. The highest BCUT2D eigenvalue weighted by atomic mass is 16.5. The second-order valence-electron chi connectivity index (χ2n) is 8.11. The zero-order valence-corrected chi connectivity index (χ0v) is 18.0. The van der Waals surface area contributed by atoms with Crippen LogP contribution in [0.2, 0.25) is 0 Å². The van der Waals surface area contributed by atoms with Crippen molar-refractivity contribution in [1.82, 2.24) is 10.2 Å². The molecule has 0 spiro atoms. The fourth-order valence-electron chi connectivity index (χ4n) is 3.95. The average Bonchev–Trinajstić information content (AvgIpc) is 2.73. The monoisotopic (exact) mass is 394 g/mol. The predicted octanol–water partition coefficient (Wildman–Crippen LogP) is 4.76. The zero-order valence-electron chi connectivity index (χ0n) is 18.0. The molecule has 3 rings (SSSR count). The normalized spacial score (nSPS) is 15.7. The number of carbonyl (C=O) groups is 1. The lowest BCUT2D eigenvalue weighted by Gasteiger charge is -2.27. The fraction of sp³-hybridized carbons (Fsp3) is 0.480. The Balaban J connectivity index is 1.60. The summed E-state index contributed by atoms with van der Waals surface area (Å²) in [5, 5.41) is 3.10. The molecular weight excluding hydrogens is 360 g/mol. The number of aryl methyl sites for hydroxylation is 2. The van der Waals surface area contributed by atoms with Gasteiger partial charge in [-0.15, -0.1) is 0 Å². The number of benzene rings is 2. The Morgan fingerprint density at radius 3 is 2.48 bits per heavy atom. The SMILES string of the molecule is CC[C@H](Oc1ccc(C)cc1C)C(=O)NCc1ccccc1CN1CCCCC1. The van der Waals surface area contributed by atoms with Crippen LogP contribution in [0.5, 0.6) is 5.75 Å². The van der Waals surface area contributed by atoms with Gasteiger partial charge in [0.25, 0.3) is 5.91 Å². The van der Waals surface area contributed by atoms with Crippen LogP contribution < -0.4 is 10.1 Å². The van der Waals surface area contributed by atoms with Gasteiger partial charge in [0.2, 0.25) is 0 Å². The first-order valence-corrected chi connectivity index (χ1v) is 10.9. The van der Waals surface area contributed by atoms with E-state index >= 15 is 0 Å². The number of hydrogen-bond donors (Lipinski definition) is 1. The Morgan fingerprint density at radius 1 is 1.07 bits per heavy atom. The zero-order chi connectivity index (χ0) is 20.6. The number of likely N-dealkylation sites (tertiary alicyclic amines) is 1. The summed E-state index contributed by atoms with van der Waals surface area (Å²) < 4.78 is 6.03. The number of piperidine rings is 1. The fourth-order valence-corrected chi connectivity index (χ4v) is 3.95. The van der Waals surface area contributed by atoms with Crippen molar-refractivity contribution in [2.75, 3.05) is 13.1 Å². The van der Waals surface area contributed by atoms with Crippen LogP contribution in [0, 0.1) is 13.8 Å².